The first-order valence-electron chi connectivity index (χ1n) is 4.94. The predicted molar refractivity (Wildman–Crippen MR) is 46.8 cm³/mol. The largest absolute Gasteiger partial charge is 0.327 e. The summed E-state index contributed by atoms with van der Waals surface area (Å²) < 4.78 is 25.2. The molecule has 13 heavy (non-hydrogen) atoms. The lowest BCUT2D eigenvalue weighted by Gasteiger charge is -2.45. The van der Waals surface area contributed by atoms with Crippen LogP contribution in [0.15, 0.2) is 0 Å². The molecular formula is C9H16F2N2. The standard InChI is InChI=1S/C9H16F2N2/c10-9(11)4-8(5-9)13-3-1-2-7(12)6-13/h7-8H,1-6,12H2. The van der Waals surface area contributed by atoms with Crippen LogP contribution in [0.5, 0.6) is 0 Å². The highest BCUT2D eigenvalue weighted by Gasteiger charge is 2.48. The van der Waals surface area contributed by atoms with E-state index in [4.69, 9.17) is 5.73 Å². The van der Waals surface area contributed by atoms with Crippen molar-refractivity contribution in [2.45, 2.75) is 43.7 Å². The zero-order chi connectivity index (χ0) is 9.47. The van der Waals surface area contributed by atoms with E-state index in [0.717, 1.165) is 25.9 Å². The number of hydrogen-bond donors (Lipinski definition) is 1. The maximum atomic E-state index is 12.6. The second-order valence-corrected chi connectivity index (χ2v) is 4.32. The zero-order valence-corrected chi connectivity index (χ0v) is 7.68. The second-order valence-electron chi connectivity index (χ2n) is 4.32. The van der Waals surface area contributed by atoms with Crippen LogP contribution in [0.2, 0.25) is 0 Å². The maximum absolute atomic E-state index is 12.6. The van der Waals surface area contributed by atoms with Crippen molar-refractivity contribution >= 4 is 0 Å². The van der Waals surface area contributed by atoms with Crippen LogP contribution in [-0.2, 0) is 0 Å². The molecule has 0 aromatic heterocycles. The highest BCUT2D eigenvalue weighted by atomic mass is 19.3. The van der Waals surface area contributed by atoms with E-state index >= 15 is 0 Å². The van der Waals surface area contributed by atoms with E-state index in [-0.39, 0.29) is 24.9 Å². The van der Waals surface area contributed by atoms with Crippen molar-refractivity contribution in [3.63, 3.8) is 0 Å². The number of nitrogens with two attached hydrogens (primary N) is 1. The molecule has 1 atom stereocenters. The molecule has 0 bridgehead atoms. The number of rotatable bonds is 1. The molecule has 1 saturated heterocycles. The lowest BCUT2D eigenvalue weighted by Crippen LogP contribution is -2.55. The first-order chi connectivity index (χ1) is 6.07. The molecule has 0 aromatic carbocycles. The Kier molecular flexibility index (Phi) is 2.28. The smallest absolute Gasteiger partial charge is 0.251 e. The Morgan fingerprint density at radius 3 is 2.54 bits per heavy atom. The topological polar surface area (TPSA) is 29.3 Å². The summed E-state index contributed by atoms with van der Waals surface area (Å²) in [5, 5.41) is 0. The summed E-state index contributed by atoms with van der Waals surface area (Å²) in [6.07, 6.45) is 2.18. The van der Waals surface area contributed by atoms with Crippen LogP contribution in [0.1, 0.15) is 25.7 Å². The van der Waals surface area contributed by atoms with Crippen LogP contribution in [0.4, 0.5) is 8.78 Å². The van der Waals surface area contributed by atoms with Gasteiger partial charge in [0.05, 0.1) is 0 Å². The Morgan fingerprint density at radius 1 is 1.31 bits per heavy atom. The number of piperidine rings is 1. The molecule has 1 saturated carbocycles. The highest BCUT2D eigenvalue weighted by Crippen LogP contribution is 2.40. The van der Waals surface area contributed by atoms with Crippen LogP contribution < -0.4 is 5.73 Å². The van der Waals surface area contributed by atoms with E-state index in [2.05, 4.69) is 4.90 Å². The van der Waals surface area contributed by atoms with Gasteiger partial charge >= 0.3 is 0 Å². The summed E-state index contributed by atoms with van der Waals surface area (Å²) in [7, 11) is 0. The Balaban J connectivity index is 1.82. The molecule has 76 valence electrons. The van der Waals surface area contributed by atoms with Crippen LogP contribution in [0, 0.1) is 0 Å². The van der Waals surface area contributed by atoms with Gasteiger partial charge in [-0.1, -0.05) is 0 Å². The van der Waals surface area contributed by atoms with E-state index < -0.39 is 5.92 Å². The molecule has 1 aliphatic carbocycles. The third-order valence-electron chi connectivity index (χ3n) is 3.07. The number of hydrogen-bond acceptors (Lipinski definition) is 2. The number of alkyl halides is 2. The fraction of sp³-hybridized carbons (Fsp3) is 1.00. The summed E-state index contributed by atoms with van der Waals surface area (Å²) in [6, 6.07) is 0.296. The Labute approximate surface area is 77.1 Å². The van der Waals surface area contributed by atoms with Gasteiger partial charge in [-0.05, 0) is 19.4 Å². The van der Waals surface area contributed by atoms with Gasteiger partial charge in [0.25, 0.3) is 5.92 Å². The summed E-state index contributed by atoms with van der Waals surface area (Å²) in [5.74, 6) is -2.40. The molecule has 2 N–H and O–H groups in total. The molecule has 2 fully saturated rings. The average molecular weight is 190 g/mol. The van der Waals surface area contributed by atoms with Crippen molar-refractivity contribution in [2.75, 3.05) is 13.1 Å². The molecule has 4 heteroatoms. The molecule has 2 rings (SSSR count). The van der Waals surface area contributed by atoms with E-state index in [1.54, 1.807) is 0 Å². The first-order valence-corrected chi connectivity index (χ1v) is 4.94. The molecule has 1 unspecified atom stereocenters. The lowest BCUT2D eigenvalue weighted by atomic mass is 9.85. The van der Waals surface area contributed by atoms with Crippen molar-refractivity contribution in [2.24, 2.45) is 5.73 Å². The van der Waals surface area contributed by atoms with E-state index in [0.29, 0.717) is 0 Å². The molecule has 0 radical (unpaired) electrons. The van der Waals surface area contributed by atoms with Crippen LogP contribution in [-0.4, -0.2) is 36.0 Å². The van der Waals surface area contributed by atoms with Crippen LogP contribution in [0.25, 0.3) is 0 Å². The highest BCUT2D eigenvalue weighted by molar-refractivity contribution is 4.94. The Bertz CT molecular complexity index is 188. The van der Waals surface area contributed by atoms with Crippen LogP contribution in [0.3, 0.4) is 0 Å². The minimum absolute atomic E-state index is 0.0414. The molecule has 1 heterocycles. The molecule has 0 aromatic rings. The van der Waals surface area contributed by atoms with Gasteiger partial charge in [0.15, 0.2) is 0 Å². The van der Waals surface area contributed by atoms with Gasteiger partial charge < -0.3 is 5.73 Å². The summed E-state index contributed by atoms with van der Waals surface area (Å²) in [5.41, 5.74) is 5.78. The van der Waals surface area contributed by atoms with Gasteiger partial charge in [-0.15, -0.1) is 0 Å². The van der Waals surface area contributed by atoms with Crippen molar-refractivity contribution in [3.05, 3.63) is 0 Å². The first kappa shape index (κ1) is 9.34. The number of likely N-dealkylation sites (tertiary alicyclic amines) is 1. The van der Waals surface area contributed by atoms with Crippen molar-refractivity contribution in [1.29, 1.82) is 0 Å². The fourth-order valence-corrected chi connectivity index (χ4v) is 2.26. The van der Waals surface area contributed by atoms with E-state index in [1.165, 1.54) is 0 Å². The third-order valence-corrected chi connectivity index (χ3v) is 3.07. The summed E-state index contributed by atoms with van der Waals surface area (Å²) in [6.45, 7) is 1.76. The average Bonchev–Trinajstić information content (AvgIpc) is 2.00. The Morgan fingerprint density at radius 2 is 2.00 bits per heavy atom. The zero-order valence-electron chi connectivity index (χ0n) is 7.68. The number of nitrogens with zero attached hydrogens (tertiary/aromatic N) is 1. The summed E-state index contributed by atoms with van der Waals surface area (Å²) >= 11 is 0. The molecule has 0 spiro atoms. The molecule has 1 aliphatic heterocycles. The monoisotopic (exact) mass is 190 g/mol. The van der Waals surface area contributed by atoms with Gasteiger partial charge in [0.2, 0.25) is 0 Å². The predicted octanol–water partition coefficient (Wildman–Crippen LogP) is 1.21. The third kappa shape index (κ3) is 1.99. The van der Waals surface area contributed by atoms with Gasteiger partial charge in [-0.3, -0.25) is 4.90 Å². The molecule has 2 aliphatic rings. The van der Waals surface area contributed by atoms with Gasteiger partial charge in [0.1, 0.15) is 0 Å². The van der Waals surface area contributed by atoms with Gasteiger partial charge in [-0.25, -0.2) is 8.78 Å². The number of halogens is 2. The Hall–Kier alpha value is -0.220. The van der Waals surface area contributed by atoms with E-state index in [9.17, 15) is 8.78 Å². The molecular weight excluding hydrogens is 174 g/mol. The maximum Gasteiger partial charge on any atom is 0.251 e. The minimum Gasteiger partial charge on any atom is -0.327 e. The minimum atomic E-state index is -2.40. The molecule has 2 nitrogen and oxygen atoms in total. The van der Waals surface area contributed by atoms with Gasteiger partial charge in [-0.2, -0.15) is 0 Å². The molecule has 0 amide bonds. The second kappa shape index (κ2) is 3.17. The quantitative estimate of drug-likeness (QED) is 0.673. The lowest BCUT2D eigenvalue weighted by molar-refractivity contribution is -0.127. The van der Waals surface area contributed by atoms with Crippen molar-refractivity contribution < 1.29 is 8.78 Å². The van der Waals surface area contributed by atoms with Crippen molar-refractivity contribution in [3.8, 4) is 0 Å². The van der Waals surface area contributed by atoms with E-state index in [1.807, 2.05) is 0 Å². The summed E-state index contributed by atoms with van der Waals surface area (Å²) in [4.78, 5) is 2.13. The van der Waals surface area contributed by atoms with Crippen LogP contribution >= 0.6 is 0 Å². The van der Waals surface area contributed by atoms with Gasteiger partial charge in [0, 0.05) is 31.5 Å². The fourth-order valence-electron chi connectivity index (χ4n) is 2.26. The normalized spacial score (nSPS) is 35.8. The SMILES string of the molecule is NC1CCCN(C2CC(F)(F)C2)C1. The van der Waals surface area contributed by atoms with Crippen molar-refractivity contribution in [1.82, 2.24) is 4.90 Å².